The number of hydrogen-bond donors (Lipinski definition) is 3. The van der Waals surface area contributed by atoms with E-state index in [-0.39, 0.29) is 17.0 Å². The van der Waals surface area contributed by atoms with Gasteiger partial charge >= 0.3 is 12.2 Å². The molecule has 0 bridgehead atoms. The summed E-state index contributed by atoms with van der Waals surface area (Å²) in [5, 5.41) is 14.5. The van der Waals surface area contributed by atoms with Gasteiger partial charge in [0.15, 0.2) is 5.78 Å². The van der Waals surface area contributed by atoms with Crippen LogP contribution in [0.3, 0.4) is 0 Å². The fourth-order valence-electron chi connectivity index (χ4n) is 3.64. The lowest BCUT2D eigenvalue weighted by molar-refractivity contribution is -0.287. The molecule has 1 aliphatic heterocycles. The second-order valence-electron chi connectivity index (χ2n) is 7.73. The molecule has 1 aliphatic rings. The third kappa shape index (κ3) is 4.23. The van der Waals surface area contributed by atoms with Crippen LogP contribution in [-0.4, -0.2) is 35.9 Å². The second kappa shape index (κ2) is 8.22. The number of hydrogen-bond acceptors (Lipinski definition) is 4. The Balaban J connectivity index is 2.11. The molecule has 2 amide bonds. The highest BCUT2D eigenvalue weighted by Gasteiger charge is 2.66. The van der Waals surface area contributed by atoms with Crippen molar-refractivity contribution < 1.29 is 32.6 Å². The highest BCUT2D eigenvalue weighted by molar-refractivity contribution is 6.00. The normalized spacial score (nSPS) is 23.8. The van der Waals surface area contributed by atoms with Crippen LogP contribution in [0.4, 0.5) is 18.0 Å². The number of rotatable bonds is 5. The maximum Gasteiger partial charge on any atom is 0.437 e. The van der Waals surface area contributed by atoms with Crippen molar-refractivity contribution in [3.05, 3.63) is 65.2 Å². The summed E-state index contributed by atoms with van der Waals surface area (Å²) in [5.74, 6) is -2.45. The number of halogens is 3. The summed E-state index contributed by atoms with van der Waals surface area (Å²) < 4.78 is 46.8. The number of carbonyl (C=O) groups is 2. The van der Waals surface area contributed by atoms with Crippen LogP contribution < -0.4 is 15.4 Å². The molecule has 1 saturated heterocycles. The summed E-state index contributed by atoms with van der Waals surface area (Å²) in [6.45, 7) is 3.92. The Bertz CT molecular complexity index is 958. The van der Waals surface area contributed by atoms with E-state index in [1.165, 1.54) is 36.7 Å². The minimum atomic E-state index is -5.30. The van der Waals surface area contributed by atoms with Gasteiger partial charge in [-0.1, -0.05) is 38.1 Å². The molecule has 3 N–H and O–H groups in total. The van der Waals surface area contributed by atoms with Gasteiger partial charge in [0.2, 0.25) is 5.72 Å². The van der Waals surface area contributed by atoms with E-state index in [2.05, 4.69) is 5.32 Å². The Morgan fingerprint density at radius 2 is 1.68 bits per heavy atom. The summed E-state index contributed by atoms with van der Waals surface area (Å²) in [7, 11) is 1.41. The number of ketones is 1. The molecule has 0 spiro atoms. The fourth-order valence-corrected chi connectivity index (χ4v) is 3.64. The molecule has 1 fully saturated rings. The molecule has 0 aliphatic carbocycles. The Hall–Kier alpha value is -3.07. The average molecular weight is 436 g/mol. The van der Waals surface area contributed by atoms with Crippen LogP contribution in [0.1, 0.15) is 47.3 Å². The lowest BCUT2D eigenvalue weighted by Crippen LogP contribution is -2.72. The van der Waals surface area contributed by atoms with Crippen molar-refractivity contribution in [2.45, 2.75) is 37.7 Å². The van der Waals surface area contributed by atoms with Crippen molar-refractivity contribution >= 4 is 11.8 Å². The fraction of sp³-hybridized carbons (Fsp3) is 0.364. The lowest BCUT2D eigenvalue weighted by atomic mass is 9.77. The molecule has 2 aromatic carbocycles. The number of ether oxygens (including phenoxy) is 1. The molecule has 0 saturated carbocycles. The van der Waals surface area contributed by atoms with E-state index in [0.29, 0.717) is 5.75 Å². The third-order valence-corrected chi connectivity index (χ3v) is 5.43. The second-order valence-corrected chi connectivity index (χ2v) is 7.73. The van der Waals surface area contributed by atoms with Crippen LogP contribution in [0.2, 0.25) is 0 Å². The molecule has 0 radical (unpaired) electrons. The third-order valence-electron chi connectivity index (χ3n) is 5.43. The van der Waals surface area contributed by atoms with E-state index in [0.717, 1.165) is 5.56 Å². The van der Waals surface area contributed by atoms with E-state index in [1.807, 2.05) is 13.8 Å². The summed E-state index contributed by atoms with van der Waals surface area (Å²) in [6.07, 6.45) is -5.30. The summed E-state index contributed by atoms with van der Waals surface area (Å²) in [5.41, 5.74) is -2.61. The Morgan fingerprint density at radius 1 is 1.10 bits per heavy atom. The topological polar surface area (TPSA) is 87.7 Å². The van der Waals surface area contributed by atoms with Crippen molar-refractivity contribution in [3.8, 4) is 5.75 Å². The van der Waals surface area contributed by atoms with Gasteiger partial charge in [-0.05, 0) is 41.3 Å². The van der Waals surface area contributed by atoms with Crippen LogP contribution >= 0.6 is 0 Å². The smallest absolute Gasteiger partial charge is 0.437 e. The van der Waals surface area contributed by atoms with Crippen molar-refractivity contribution in [1.82, 2.24) is 10.6 Å². The first-order valence-corrected chi connectivity index (χ1v) is 9.64. The molecular formula is C22H23F3N2O4. The summed E-state index contributed by atoms with van der Waals surface area (Å²) in [6, 6.07) is 9.40. The lowest BCUT2D eigenvalue weighted by Gasteiger charge is -2.45. The van der Waals surface area contributed by atoms with E-state index in [1.54, 1.807) is 24.3 Å². The predicted octanol–water partition coefficient (Wildman–Crippen LogP) is 3.92. The maximum absolute atomic E-state index is 13.9. The molecule has 6 nitrogen and oxygen atoms in total. The number of aliphatic hydroxyl groups is 1. The van der Waals surface area contributed by atoms with Gasteiger partial charge in [-0.15, -0.1) is 0 Å². The Labute approximate surface area is 177 Å². The van der Waals surface area contributed by atoms with Gasteiger partial charge in [-0.25, -0.2) is 4.79 Å². The largest absolute Gasteiger partial charge is 0.497 e. The Kier molecular flexibility index (Phi) is 6.00. The first-order valence-electron chi connectivity index (χ1n) is 9.64. The van der Waals surface area contributed by atoms with Crippen molar-refractivity contribution in [3.63, 3.8) is 0 Å². The zero-order valence-electron chi connectivity index (χ0n) is 17.2. The Morgan fingerprint density at radius 3 is 2.16 bits per heavy atom. The first-order chi connectivity index (χ1) is 14.5. The number of urea groups is 1. The van der Waals surface area contributed by atoms with Gasteiger partial charge < -0.3 is 20.5 Å². The predicted molar refractivity (Wildman–Crippen MR) is 107 cm³/mol. The molecule has 2 aromatic rings. The molecule has 3 atom stereocenters. The highest BCUT2D eigenvalue weighted by atomic mass is 19.4. The van der Waals surface area contributed by atoms with Crippen molar-refractivity contribution in [2.75, 3.05) is 7.11 Å². The van der Waals surface area contributed by atoms with Crippen LogP contribution in [0, 0.1) is 5.92 Å². The number of amides is 2. The monoisotopic (exact) mass is 436 g/mol. The SMILES string of the molecule is COc1ccc(C(=O)[C@H]2[C@H](c3ccc(C(C)C)cc3)NC(=O)N[C@@]2(O)C(F)(F)F)cc1. The number of nitrogens with one attached hydrogen (secondary N) is 2. The number of benzene rings is 2. The number of Topliss-reactive ketones (excluding diaryl/α,β-unsaturated/α-hetero) is 1. The van der Waals surface area contributed by atoms with Gasteiger partial charge in [-0.3, -0.25) is 4.79 Å². The van der Waals surface area contributed by atoms with Gasteiger partial charge in [0.1, 0.15) is 11.7 Å². The number of methoxy groups -OCH3 is 1. The standard InChI is InChI=1S/C22H23F3N2O4/c1-12(2)13-4-6-14(7-5-13)18-17(19(28)15-8-10-16(31-3)11-9-15)21(30,22(23,24)25)27-20(29)26-18/h4-12,17-18,30H,1-3H3,(H2,26,27,29)/t17-,18+,21+/m1/s1. The van der Waals surface area contributed by atoms with Crippen molar-refractivity contribution in [1.29, 1.82) is 0 Å². The molecule has 31 heavy (non-hydrogen) atoms. The minimum Gasteiger partial charge on any atom is -0.497 e. The van der Waals surface area contributed by atoms with Gasteiger partial charge in [0.05, 0.1) is 13.2 Å². The zero-order chi connectivity index (χ0) is 23.0. The van der Waals surface area contributed by atoms with Crippen LogP contribution in [0.15, 0.2) is 48.5 Å². The maximum atomic E-state index is 13.9. The van der Waals surface area contributed by atoms with Crippen LogP contribution in [-0.2, 0) is 0 Å². The summed E-state index contributed by atoms with van der Waals surface area (Å²) in [4.78, 5) is 25.3. The minimum absolute atomic E-state index is 0.0600. The van der Waals surface area contributed by atoms with E-state index in [9.17, 15) is 27.9 Å². The molecule has 3 rings (SSSR count). The van der Waals surface area contributed by atoms with E-state index in [4.69, 9.17) is 4.74 Å². The molecular weight excluding hydrogens is 413 g/mol. The molecule has 0 unspecified atom stereocenters. The molecule has 166 valence electrons. The quantitative estimate of drug-likeness (QED) is 0.620. The molecule has 9 heteroatoms. The molecule has 1 heterocycles. The number of carbonyl (C=O) groups excluding carboxylic acids is 2. The van der Waals surface area contributed by atoms with E-state index >= 15 is 0 Å². The zero-order valence-corrected chi connectivity index (χ0v) is 17.2. The molecule has 0 aromatic heterocycles. The summed E-state index contributed by atoms with van der Waals surface area (Å²) >= 11 is 0. The van der Waals surface area contributed by atoms with Gasteiger partial charge in [0.25, 0.3) is 0 Å². The van der Waals surface area contributed by atoms with Crippen molar-refractivity contribution in [2.24, 2.45) is 5.92 Å². The van der Waals surface area contributed by atoms with Gasteiger partial charge in [0, 0.05) is 5.56 Å². The number of alkyl halides is 3. The average Bonchev–Trinajstić information content (AvgIpc) is 2.72. The van der Waals surface area contributed by atoms with E-state index < -0.39 is 35.7 Å². The highest BCUT2D eigenvalue weighted by Crippen LogP contribution is 2.44. The first kappa shape index (κ1) is 22.6. The van der Waals surface area contributed by atoms with Crippen LogP contribution in [0.5, 0.6) is 5.75 Å². The van der Waals surface area contributed by atoms with Gasteiger partial charge in [-0.2, -0.15) is 13.2 Å². The van der Waals surface area contributed by atoms with Crippen LogP contribution in [0.25, 0.3) is 0 Å².